The fourth-order valence-electron chi connectivity index (χ4n) is 2.60. The number of nitrogens with zero attached hydrogens (tertiary/aromatic N) is 1. The lowest BCUT2D eigenvalue weighted by Gasteiger charge is -2.28. The highest BCUT2D eigenvalue weighted by Gasteiger charge is 2.36. The number of halogens is 3. The van der Waals surface area contributed by atoms with E-state index in [1.54, 1.807) is 12.1 Å². The first kappa shape index (κ1) is 16.1. The standard InChI is InChI=1S/C16H23F3N2/c1-2-9-21(11-13-3-4-13)15-6-5-12(7-8-20)10-14(15)16(17,18)19/h5-6,10,13H,2-4,7-9,11,20H2,1H3. The number of alkyl halides is 3. The summed E-state index contributed by atoms with van der Waals surface area (Å²) >= 11 is 0. The summed E-state index contributed by atoms with van der Waals surface area (Å²) in [6.07, 6.45) is -0.747. The average molecular weight is 300 g/mol. The lowest BCUT2D eigenvalue weighted by molar-refractivity contribution is -0.137. The molecule has 0 aromatic heterocycles. The Morgan fingerprint density at radius 2 is 2.00 bits per heavy atom. The predicted molar refractivity (Wildman–Crippen MR) is 79.4 cm³/mol. The molecule has 1 aliphatic rings. The smallest absolute Gasteiger partial charge is 0.371 e. The zero-order valence-corrected chi connectivity index (χ0v) is 12.4. The molecule has 0 atom stereocenters. The van der Waals surface area contributed by atoms with Gasteiger partial charge in [-0.1, -0.05) is 13.0 Å². The molecule has 0 amide bonds. The largest absolute Gasteiger partial charge is 0.418 e. The molecular weight excluding hydrogens is 277 g/mol. The Labute approximate surface area is 124 Å². The van der Waals surface area contributed by atoms with Crippen molar-refractivity contribution in [2.75, 3.05) is 24.5 Å². The van der Waals surface area contributed by atoms with Gasteiger partial charge in [-0.15, -0.1) is 0 Å². The molecule has 1 aromatic carbocycles. The normalized spacial score (nSPS) is 15.3. The second-order valence-corrected chi connectivity index (χ2v) is 5.78. The van der Waals surface area contributed by atoms with Gasteiger partial charge in [-0.25, -0.2) is 0 Å². The number of hydrogen-bond donors (Lipinski definition) is 1. The van der Waals surface area contributed by atoms with E-state index in [1.165, 1.54) is 6.07 Å². The first-order chi connectivity index (χ1) is 9.95. The van der Waals surface area contributed by atoms with Crippen molar-refractivity contribution in [3.63, 3.8) is 0 Å². The zero-order chi connectivity index (χ0) is 15.5. The van der Waals surface area contributed by atoms with E-state index in [-0.39, 0.29) is 0 Å². The number of hydrogen-bond acceptors (Lipinski definition) is 2. The maximum atomic E-state index is 13.4. The molecule has 1 fully saturated rings. The maximum absolute atomic E-state index is 13.4. The Morgan fingerprint density at radius 3 is 2.52 bits per heavy atom. The van der Waals surface area contributed by atoms with Gasteiger partial charge in [0.05, 0.1) is 5.56 Å². The van der Waals surface area contributed by atoms with Crippen LogP contribution in [0.25, 0.3) is 0 Å². The Balaban J connectivity index is 2.33. The van der Waals surface area contributed by atoms with Crippen molar-refractivity contribution in [2.45, 2.75) is 38.8 Å². The van der Waals surface area contributed by atoms with Crippen LogP contribution in [0.5, 0.6) is 0 Å². The molecule has 0 heterocycles. The molecule has 21 heavy (non-hydrogen) atoms. The van der Waals surface area contributed by atoms with Gasteiger partial charge >= 0.3 is 6.18 Å². The van der Waals surface area contributed by atoms with Crippen LogP contribution in [-0.4, -0.2) is 19.6 Å². The van der Waals surface area contributed by atoms with E-state index in [0.29, 0.717) is 36.7 Å². The maximum Gasteiger partial charge on any atom is 0.418 e. The Kier molecular flexibility index (Phi) is 5.14. The van der Waals surface area contributed by atoms with Crippen LogP contribution in [0.2, 0.25) is 0 Å². The van der Waals surface area contributed by atoms with E-state index < -0.39 is 11.7 Å². The minimum atomic E-state index is -4.32. The fraction of sp³-hybridized carbons (Fsp3) is 0.625. The molecule has 0 bridgehead atoms. The van der Waals surface area contributed by atoms with Crippen LogP contribution >= 0.6 is 0 Å². The number of anilines is 1. The number of nitrogens with two attached hydrogens (primary N) is 1. The Morgan fingerprint density at radius 1 is 1.29 bits per heavy atom. The van der Waals surface area contributed by atoms with Crippen LogP contribution in [0.3, 0.4) is 0 Å². The summed E-state index contributed by atoms with van der Waals surface area (Å²) in [6.45, 7) is 3.75. The zero-order valence-electron chi connectivity index (χ0n) is 12.4. The van der Waals surface area contributed by atoms with Crippen molar-refractivity contribution >= 4 is 5.69 Å². The fourth-order valence-corrected chi connectivity index (χ4v) is 2.60. The molecule has 1 aromatic rings. The van der Waals surface area contributed by atoms with Crippen molar-refractivity contribution < 1.29 is 13.2 Å². The molecule has 1 saturated carbocycles. The second-order valence-electron chi connectivity index (χ2n) is 5.78. The molecular formula is C16H23F3N2. The predicted octanol–water partition coefficient (Wildman–Crippen LogP) is 3.83. The third kappa shape index (κ3) is 4.37. The summed E-state index contributed by atoms with van der Waals surface area (Å²) in [5, 5.41) is 0. The van der Waals surface area contributed by atoms with Crippen molar-refractivity contribution in [3.05, 3.63) is 29.3 Å². The van der Waals surface area contributed by atoms with Gasteiger partial charge in [0, 0.05) is 18.8 Å². The lowest BCUT2D eigenvalue weighted by Crippen LogP contribution is -2.29. The van der Waals surface area contributed by atoms with E-state index in [9.17, 15) is 13.2 Å². The first-order valence-electron chi connectivity index (χ1n) is 7.60. The molecule has 2 nitrogen and oxygen atoms in total. The molecule has 0 saturated heterocycles. The van der Waals surface area contributed by atoms with Gasteiger partial charge in [0.1, 0.15) is 0 Å². The van der Waals surface area contributed by atoms with Crippen LogP contribution in [0.1, 0.15) is 37.3 Å². The number of benzene rings is 1. The van der Waals surface area contributed by atoms with Crippen LogP contribution in [0.15, 0.2) is 18.2 Å². The van der Waals surface area contributed by atoms with Crippen LogP contribution in [0.4, 0.5) is 18.9 Å². The summed E-state index contributed by atoms with van der Waals surface area (Å²) in [4.78, 5) is 1.90. The molecule has 2 rings (SSSR count). The molecule has 0 spiro atoms. The van der Waals surface area contributed by atoms with Gasteiger partial charge in [-0.05, 0) is 55.8 Å². The second kappa shape index (κ2) is 6.69. The SMILES string of the molecule is CCCN(CC1CC1)c1ccc(CCN)cc1C(F)(F)F. The lowest BCUT2D eigenvalue weighted by atomic mass is 10.0. The quantitative estimate of drug-likeness (QED) is 0.829. The van der Waals surface area contributed by atoms with Crippen LogP contribution in [-0.2, 0) is 12.6 Å². The van der Waals surface area contributed by atoms with Crippen LogP contribution in [0, 0.1) is 5.92 Å². The van der Waals surface area contributed by atoms with E-state index in [0.717, 1.165) is 25.8 Å². The summed E-state index contributed by atoms with van der Waals surface area (Å²) in [6, 6.07) is 4.65. The van der Waals surface area contributed by atoms with Crippen LogP contribution < -0.4 is 10.6 Å². The number of rotatable bonds is 7. The van der Waals surface area contributed by atoms with E-state index >= 15 is 0 Å². The molecule has 0 aliphatic heterocycles. The summed E-state index contributed by atoms with van der Waals surface area (Å²) in [5.41, 5.74) is 5.89. The molecule has 1 aliphatic carbocycles. The molecule has 0 radical (unpaired) electrons. The molecule has 0 unspecified atom stereocenters. The van der Waals surface area contributed by atoms with E-state index in [4.69, 9.17) is 5.73 Å². The minimum absolute atomic E-state index is 0.317. The molecule has 2 N–H and O–H groups in total. The van der Waals surface area contributed by atoms with Crippen molar-refractivity contribution in [1.29, 1.82) is 0 Å². The van der Waals surface area contributed by atoms with Gasteiger partial charge in [0.2, 0.25) is 0 Å². The van der Waals surface area contributed by atoms with Gasteiger partial charge in [-0.2, -0.15) is 13.2 Å². The van der Waals surface area contributed by atoms with Crippen molar-refractivity contribution in [3.8, 4) is 0 Å². The topological polar surface area (TPSA) is 29.3 Å². The summed E-state index contributed by atoms with van der Waals surface area (Å²) in [5.74, 6) is 0.557. The highest BCUT2D eigenvalue weighted by molar-refractivity contribution is 5.56. The van der Waals surface area contributed by atoms with E-state index in [1.807, 2.05) is 11.8 Å². The Hall–Kier alpha value is -1.23. The summed E-state index contributed by atoms with van der Waals surface area (Å²) < 4.78 is 40.1. The van der Waals surface area contributed by atoms with E-state index in [2.05, 4.69) is 0 Å². The van der Waals surface area contributed by atoms with Gasteiger partial charge in [0.25, 0.3) is 0 Å². The molecule has 118 valence electrons. The minimum Gasteiger partial charge on any atom is -0.371 e. The van der Waals surface area contributed by atoms with Crippen molar-refractivity contribution in [2.24, 2.45) is 11.7 Å². The van der Waals surface area contributed by atoms with Crippen molar-refractivity contribution in [1.82, 2.24) is 0 Å². The summed E-state index contributed by atoms with van der Waals surface area (Å²) in [7, 11) is 0. The Bertz CT molecular complexity index is 467. The third-order valence-corrected chi connectivity index (χ3v) is 3.81. The van der Waals surface area contributed by atoms with Gasteiger partial charge in [-0.3, -0.25) is 0 Å². The highest BCUT2D eigenvalue weighted by atomic mass is 19.4. The molecule has 5 heteroatoms. The first-order valence-corrected chi connectivity index (χ1v) is 7.60. The average Bonchev–Trinajstić information content (AvgIpc) is 3.22. The van der Waals surface area contributed by atoms with Gasteiger partial charge < -0.3 is 10.6 Å². The highest BCUT2D eigenvalue weighted by Crippen LogP contribution is 2.39. The monoisotopic (exact) mass is 300 g/mol. The third-order valence-electron chi connectivity index (χ3n) is 3.81. The van der Waals surface area contributed by atoms with Gasteiger partial charge in [0.15, 0.2) is 0 Å².